The number of benzene rings is 2. The molecule has 0 N–H and O–H groups in total. The number of ether oxygens (including phenoxy) is 1. The van der Waals surface area contributed by atoms with Crippen LogP contribution in [0.4, 0.5) is 11.4 Å². The van der Waals surface area contributed by atoms with E-state index in [1.807, 2.05) is 19.0 Å². The summed E-state index contributed by atoms with van der Waals surface area (Å²) >= 11 is 5.88. The predicted molar refractivity (Wildman–Crippen MR) is 83.8 cm³/mol. The standard InChI is InChI=1S/C15H13ClN2O4/c1-17(2)11-5-3-10(4-6-11)15(19)22-14-8-7-12(18(20)21)9-13(14)16/h3-9H,1-2H3. The van der Waals surface area contributed by atoms with Gasteiger partial charge in [-0.2, -0.15) is 0 Å². The average molecular weight is 321 g/mol. The molecule has 0 spiro atoms. The highest BCUT2D eigenvalue weighted by atomic mass is 35.5. The first-order valence-electron chi connectivity index (χ1n) is 6.32. The van der Waals surface area contributed by atoms with Crippen LogP contribution in [0, 0.1) is 10.1 Å². The number of nitro benzene ring substituents is 1. The van der Waals surface area contributed by atoms with Crippen molar-refractivity contribution in [2.24, 2.45) is 0 Å². The van der Waals surface area contributed by atoms with Gasteiger partial charge in [-0.25, -0.2) is 4.79 Å². The Morgan fingerprint density at radius 2 is 1.82 bits per heavy atom. The second-order valence-electron chi connectivity index (χ2n) is 4.70. The van der Waals surface area contributed by atoms with E-state index in [0.29, 0.717) is 5.56 Å². The lowest BCUT2D eigenvalue weighted by atomic mass is 10.2. The maximum Gasteiger partial charge on any atom is 0.343 e. The van der Waals surface area contributed by atoms with Gasteiger partial charge in [-0.05, 0) is 30.3 Å². The quantitative estimate of drug-likeness (QED) is 0.373. The number of non-ortho nitro benzene ring substituents is 1. The molecule has 0 bridgehead atoms. The molecule has 7 heteroatoms. The molecule has 0 amide bonds. The normalized spacial score (nSPS) is 10.1. The fourth-order valence-electron chi connectivity index (χ4n) is 1.74. The lowest BCUT2D eigenvalue weighted by Gasteiger charge is -2.12. The van der Waals surface area contributed by atoms with Gasteiger partial charge in [0, 0.05) is 31.9 Å². The van der Waals surface area contributed by atoms with Crippen LogP contribution in [0.25, 0.3) is 0 Å². The minimum Gasteiger partial charge on any atom is -0.421 e. The van der Waals surface area contributed by atoms with Gasteiger partial charge in [0.15, 0.2) is 0 Å². The molecule has 0 aromatic heterocycles. The van der Waals surface area contributed by atoms with Gasteiger partial charge in [-0.15, -0.1) is 0 Å². The third kappa shape index (κ3) is 3.53. The Morgan fingerprint density at radius 1 is 1.18 bits per heavy atom. The number of hydrogen-bond acceptors (Lipinski definition) is 5. The molecule has 0 saturated carbocycles. The maximum absolute atomic E-state index is 12.0. The molecule has 0 heterocycles. The molecule has 0 aliphatic heterocycles. The highest BCUT2D eigenvalue weighted by Gasteiger charge is 2.14. The van der Waals surface area contributed by atoms with Crippen molar-refractivity contribution in [1.82, 2.24) is 0 Å². The topological polar surface area (TPSA) is 72.7 Å². The van der Waals surface area contributed by atoms with Crippen LogP contribution in [0.1, 0.15) is 10.4 Å². The summed E-state index contributed by atoms with van der Waals surface area (Å²) in [6, 6.07) is 10.5. The number of anilines is 1. The summed E-state index contributed by atoms with van der Waals surface area (Å²) in [6.45, 7) is 0. The summed E-state index contributed by atoms with van der Waals surface area (Å²) < 4.78 is 5.16. The van der Waals surface area contributed by atoms with Gasteiger partial charge >= 0.3 is 5.97 Å². The van der Waals surface area contributed by atoms with Gasteiger partial charge in [-0.1, -0.05) is 11.6 Å². The van der Waals surface area contributed by atoms with E-state index in [1.54, 1.807) is 24.3 Å². The van der Waals surface area contributed by atoms with Crippen molar-refractivity contribution >= 4 is 28.9 Å². The minimum atomic E-state index is -0.582. The Hall–Kier alpha value is -2.60. The van der Waals surface area contributed by atoms with Crippen LogP contribution < -0.4 is 9.64 Å². The van der Waals surface area contributed by atoms with Gasteiger partial charge in [0.1, 0.15) is 5.75 Å². The van der Waals surface area contributed by atoms with E-state index in [0.717, 1.165) is 11.8 Å². The third-order valence-corrected chi connectivity index (χ3v) is 3.24. The van der Waals surface area contributed by atoms with Crippen LogP contribution >= 0.6 is 11.6 Å². The lowest BCUT2D eigenvalue weighted by molar-refractivity contribution is -0.384. The molecule has 0 unspecified atom stereocenters. The summed E-state index contributed by atoms with van der Waals surface area (Å²) in [5.41, 5.74) is 1.14. The Bertz CT molecular complexity index is 714. The summed E-state index contributed by atoms with van der Waals surface area (Å²) in [4.78, 5) is 24.0. The van der Waals surface area contributed by atoms with E-state index >= 15 is 0 Å². The molecule has 2 aromatic rings. The second-order valence-corrected chi connectivity index (χ2v) is 5.11. The van der Waals surface area contributed by atoms with Crippen LogP contribution in [0.3, 0.4) is 0 Å². The van der Waals surface area contributed by atoms with Gasteiger partial charge in [0.2, 0.25) is 0 Å². The van der Waals surface area contributed by atoms with Crippen LogP contribution in [-0.2, 0) is 0 Å². The molecular weight excluding hydrogens is 308 g/mol. The molecular formula is C15H13ClN2O4. The number of hydrogen-bond donors (Lipinski definition) is 0. The summed E-state index contributed by atoms with van der Waals surface area (Å²) in [6.07, 6.45) is 0. The van der Waals surface area contributed by atoms with E-state index in [2.05, 4.69) is 0 Å². The predicted octanol–water partition coefficient (Wildman–Crippen LogP) is 3.53. The zero-order valence-corrected chi connectivity index (χ0v) is 12.7. The monoisotopic (exact) mass is 320 g/mol. The van der Waals surface area contributed by atoms with E-state index < -0.39 is 10.9 Å². The molecule has 2 aromatic carbocycles. The molecule has 0 aliphatic rings. The van der Waals surface area contributed by atoms with Crippen LogP contribution in [-0.4, -0.2) is 25.0 Å². The van der Waals surface area contributed by atoms with E-state index in [9.17, 15) is 14.9 Å². The highest BCUT2D eigenvalue weighted by Crippen LogP contribution is 2.29. The number of carbonyl (C=O) groups is 1. The Morgan fingerprint density at radius 3 is 2.32 bits per heavy atom. The number of nitro groups is 1. The van der Waals surface area contributed by atoms with Crippen molar-refractivity contribution < 1.29 is 14.5 Å². The first kappa shape index (κ1) is 15.8. The largest absolute Gasteiger partial charge is 0.421 e. The summed E-state index contributed by atoms with van der Waals surface area (Å²) in [7, 11) is 3.79. The van der Waals surface area contributed by atoms with Crippen molar-refractivity contribution in [2.75, 3.05) is 19.0 Å². The maximum atomic E-state index is 12.0. The Labute approximate surface area is 132 Å². The SMILES string of the molecule is CN(C)c1ccc(C(=O)Oc2ccc([N+](=O)[O-])cc2Cl)cc1. The van der Waals surface area contributed by atoms with Gasteiger partial charge in [-0.3, -0.25) is 10.1 Å². The molecule has 114 valence electrons. The smallest absolute Gasteiger partial charge is 0.343 e. The van der Waals surface area contributed by atoms with Crippen molar-refractivity contribution in [2.45, 2.75) is 0 Å². The molecule has 0 aliphatic carbocycles. The molecule has 0 radical (unpaired) electrons. The van der Waals surface area contributed by atoms with Crippen LogP contribution in [0.5, 0.6) is 5.75 Å². The van der Waals surface area contributed by atoms with Crippen molar-refractivity contribution in [3.63, 3.8) is 0 Å². The second kappa shape index (κ2) is 6.44. The molecule has 0 atom stereocenters. The van der Waals surface area contributed by atoms with E-state index in [-0.39, 0.29) is 16.5 Å². The molecule has 22 heavy (non-hydrogen) atoms. The van der Waals surface area contributed by atoms with Gasteiger partial charge in [0.25, 0.3) is 5.69 Å². The van der Waals surface area contributed by atoms with Crippen LogP contribution in [0.2, 0.25) is 5.02 Å². The van der Waals surface area contributed by atoms with Crippen molar-refractivity contribution in [1.29, 1.82) is 0 Å². The number of rotatable bonds is 4. The fourth-order valence-corrected chi connectivity index (χ4v) is 1.95. The minimum absolute atomic E-state index is 0.00691. The Kier molecular flexibility index (Phi) is 4.62. The molecule has 0 saturated heterocycles. The van der Waals surface area contributed by atoms with E-state index in [1.165, 1.54) is 12.1 Å². The fraction of sp³-hybridized carbons (Fsp3) is 0.133. The zero-order valence-electron chi connectivity index (χ0n) is 11.9. The number of carbonyl (C=O) groups excluding carboxylic acids is 1. The first-order chi connectivity index (χ1) is 10.4. The van der Waals surface area contributed by atoms with Gasteiger partial charge < -0.3 is 9.64 Å². The molecule has 0 fully saturated rings. The summed E-state index contributed by atoms with van der Waals surface area (Å²) in [5, 5.41) is 10.6. The van der Waals surface area contributed by atoms with Gasteiger partial charge in [0.05, 0.1) is 15.5 Å². The van der Waals surface area contributed by atoms with Crippen molar-refractivity contribution in [3.8, 4) is 5.75 Å². The first-order valence-corrected chi connectivity index (χ1v) is 6.70. The third-order valence-electron chi connectivity index (χ3n) is 2.95. The zero-order chi connectivity index (χ0) is 16.3. The molecule has 2 rings (SSSR count). The number of halogens is 1. The van der Waals surface area contributed by atoms with Crippen molar-refractivity contribution in [3.05, 3.63) is 63.2 Å². The number of esters is 1. The van der Waals surface area contributed by atoms with Crippen LogP contribution in [0.15, 0.2) is 42.5 Å². The average Bonchev–Trinajstić information content (AvgIpc) is 2.49. The Balaban J connectivity index is 2.16. The lowest BCUT2D eigenvalue weighted by Crippen LogP contribution is -2.11. The number of nitrogens with zero attached hydrogens (tertiary/aromatic N) is 2. The molecule has 6 nitrogen and oxygen atoms in total. The van der Waals surface area contributed by atoms with E-state index in [4.69, 9.17) is 16.3 Å². The highest BCUT2D eigenvalue weighted by molar-refractivity contribution is 6.32. The summed E-state index contributed by atoms with van der Waals surface area (Å²) in [5.74, 6) is -0.505.